The van der Waals surface area contributed by atoms with E-state index in [1.54, 1.807) is 0 Å². The first-order valence-corrected chi connectivity index (χ1v) is 9.67. The highest BCUT2D eigenvalue weighted by molar-refractivity contribution is 7.90. The van der Waals surface area contributed by atoms with Crippen LogP contribution in [0.1, 0.15) is 59.2 Å². The Morgan fingerprint density at radius 1 is 1.17 bits per heavy atom. The van der Waals surface area contributed by atoms with Crippen molar-refractivity contribution in [3.05, 3.63) is 29.3 Å². The zero-order valence-electron chi connectivity index (χ0n) is 13.5. The molecule has 0 bridgehead atoms. The second kappa shape index (κ2) is 7.25. The molecule has 0 heterocycles. The van der Waals surface area contributed by atoms with Gasteiger partial charge in [0.15, 0.2) is 15.6 Å². The lowest BCUT2D eigenvalue weighted by atomic mass is 9.84. The summed E-state index contributed by atoms with van der Waals surface area (Å²) in [4.78, 5) is 24.0. The van der Waals surface area contributed by atoms with Gasteiger partial charge >= 0.3 is 5.97 Å². The van der Waals surface area contributed by atoms with Gasteiger partial charge in [0.1, 0.15) is 0 Å². The molecule has 1 saturated carbocycles. The Kier molecular flexibility index (Phi) is 5.57. The summed E-state index contributed by atoms with van der Waals surface area (Å²) < 4.78 is 28.6. The number of benzene rings is 1. The van der Waals surface area contributed by atoms with E-state index in [0.717, 1.165) is 31.9 Å². The molecule has 1 fully saturated rings. The van der Waals surface area contributed by atoms with E-state index in [4.69, 9.17) is 0 Å². The van der Waals surface area contributed by atoms with E-state index >= 15 is 0 Å². The molecule has 23 heavy (non-hydrogen) atoms. The van der Waals surface area contributed by atoms with Crippen LogP contribution in [-0.2, 0) is 14.6 Å². The first-order chi connectivity index (χ1) is 10.8. The fourth-order valence-corrected chi connectivity index (χ4v) is 3.99. The molecular formula is C17H22O5S. The van der Waals surface area contributed by atoms with Gasteiger partial charge in [0.2, 0.25) is 0 Å². The zero-order valence-corrected chi connectivity index (χ0v) is 14.3. The summed E-state index contributed by atoms with van der Waals surface area (Å²) in [6.45, 7) is 0. The minimum Gasteiger partial charge on any atom is -0.465 e. The molecule has 0 atom stereocenters. The average Bonchev–Trinajstić information content (AvgIpc) is 2.53. The molecule has 0 aliphatic heterocycles. The Balaban J connectivity index is 2.33. The smallest absolute Gasteiger partial charge is 0.337 e. The number of Topliss-reactive ketones (excluding diaryl/α,β-unsaturated/α-hetero) is 1. The van der Waals surface area contributed by atoms with Gasteiger partial charge in [-0.25, -0.2) is 13.2 Å². The number of sulfone groups is 1. The van der Waals surface area contributed by atoms with Crippen LogP contribution in [0.3, 0.4) is 0 Å². The molecule has 5 nitrogen and oxygen atoms in total. The molecule has 2 rings (SSSR count). The molecule has 1 aliphatic rings. The van der Waals surface area contributed by atoms with E-state index in [1.807, 2.05) is 0 Å². The van der Waals surface area contributed by atoms with E-state index < -0.39 is 15.8 Å². The van der Waals surface area contributed by atoms with Crippen molar-refractivity contribution in [3.63, 3.8) is 0 Å². The van der Waals surface area contributed by atoms with Crippen LogP contribution in [0, 0.1) is 5.92 Å². The zero-order chi connectivity index (χ0) is 17.0. The molecular weight excluding hydrogens is 316 g/mol. The van der Waals surface area contributed by atoms with Crippen LogP contribution in [0.15, 0.2) is 23.1 Å². The predicted molar refractivity (Wildman–Crippen MR) is 86.4 cm³/mol. The van der Waals surface area contributed by atoms with Gasteiger partial charge in [-0.15, -0.1) is 0 Å². The van der Waals surface area contributed by atoms with Crippen LogP contribution in [0.25, 0.3) is 0 Å². The molecule has 0 unspecified atom stereocenters. The van der Waals surface area contributed by atoms with Crippen molar-refractivity contribution in [2.45, 2.75) is 43.4 Å². The van der Waals surface area contributed by atoms with Crippen molar-refractivity contribution >= 4 is 21.6 Å². The molecule has 126 valence electrons. The van der Waals surface area contributed by atoms with Crippen molar-refractivity contribution in [1.29, 1.82) is 0 Å². The van der Waals surface area contributed by atoms with E-state index in [-0.39, 0.29) is 21.8 Å². The summed E-state index contributed by atoms with van der Waals surface area (Å²) in [6, 6.07) is 4.09. The summed E-state index contributed by atoms with van der Waals surface area (Å²) in [7, 11) is -2.39. The molecule has 1 aromatic rings. The molecule has 0 aromatic heterocycles. The Bertz CT molecular complexity index is 700. The quantitative estimate of drug-likeness (QED) is 0.609. The lowest BCUT2D eigenvalue weighted by molar-refractivity contribution is 0.0600. The third-order valence-corrected chi connectivity index (χ3v) is 5.44. The maximum Gasteiger partial charge on any atom is 0.337 e. The molecule has 0 radical (unpaired) electrons. The molecule has 0 spiro atoms. The fraction of sp³-hybridized carbons (Fsp3) is 0.529. The Hall–Kier alpha value is -1.69. The number of hydrogen-bond donors (Lipinski definition) is 0. The molecule has 1 aliphatic carbocycles. The van der Waals surface area contributed by atoms with Gasteiger partial charge in [0.05, 0.1) is 17.6 Å². The van der Waals surface area contributed by atoms with Gasteiger partial charge in [-0.3, -0.25) is 4.79 Å². The second-order valence-corrected chi connectivity index (χ2v) is 8.09. The third-order valence-electron chi connectivity index (χ3n) is 4.30. The number of esters is 1. The highest BCUT2D eigenvalue weighted by Crippen LogP contribution is 2.29. The highest BCUT2D eigenvalue weighted by Gasteiger charge is 2.24. The summed E-state index contributed by atoms with van der Waals surface area (Å²) in [5.41, 5.74) is 0.299. The van der Waals surface area contributed by atoms with Crippen LogP contribution in [0.5, 0.6) is 0 Å². The van der Waals surface area contributed by atoms with Crippen LogP contribution in [0.2, 0.25) is 0 Å². The van der Waals surface area contributed by atoms with Crippen molar-refractivity contribution in [2.24, 2.45) is 5.92 Å². The van der Waals surface area contributed by atoms with Crippen LogP contribution < -0.4 is 0 Å². The second-order valence-electron chi connectivity index (χ2n) is 6.11. The lowest BCUT2D eigenvalue weighted by Gasteiger charge is -2.21. The lowest BCUT2D eigenvalue weighted by Crippen LogP contribution is -2.16. The van der Waals surface area contributed by atoms with Crippen LogP contribution >= 0.6 is 0 Å². The minimum absolute atomic E-state index is 0.0961. The molecule has 0 amide bonds. The number of hydrogen-bond acceptors (Lipinski definition) is 5. The predicted octanol–water partition coefficient (Wildman–Crippen LogP) is 3.03. The molecule has 0 N–H and O–H groups in total. The molecule has 6 heteroatoms. The van der Waals surface area contributed by atoms with Crippen LogP contribution in [-0.4, -0.2) is 33.5 Å². The van der Waals surface area contributed by atoms with E-state index in [2.05, 4.69) is 4.74 Å². The van der Waals surface area contributed by atoms with Gasteiger partial charge in [0.25, 0.3) is 0 Å². The molecule has 1 aromatic carbocycles. The minimum atomic E-state index is -3.61. The van der Waals surface area contributed by atoms with Crippen molar-refractivity contribution in [3.8, 4) is 0 Å². The summed E-state index contributed by atoms with van der Waals surface area (Å²) in [5, 5.41) is 0. The SMILES string of the molecule is COC(=O)c1ccc(C(=O)CC2CCCCC2)c(S(C)(=O)=O)c1. The number of carbonyl (C=O) groups excluding carboxylic acids is 2. The first-order valence-electron chi connectivity index (χ1n) is 7.78. The topological polar surface area (TPSA) is 77.5 Å². The van der Waals surface area contributed by atoms with Crippen molar-refractivity contribution < 1.29 is 22.7 Å². The first kappa shape index (κ1) is 17.7. The van der Waals surface area contributed by atoms with E-state index in [9.17, 15) is 18.0 Å². The number of ether oxygens (including phenoxy) is 1. The van der Waals surface area contributed by atoms with E-state index in [0.29, 0.717) is 12.3 Å². The average molecular weight is 338 g/mol. The Morgan fingerprint density at radius 2 is 1.83 bits per heavy atom. The van der Waals surface area contributed by atoms with Gasteiger partial charge < -0.3 is 4.74 Å². The maximum absolute atomic E-state index is 12.6. The fourth-order valence-electron chi connectivity index (χ4n) is 3.07. The van der Waals surface area contributed by atoms with Gasteiger partial charge in [-0.1, -0.05) is 32.1 Å². The van der Waals surface area contributed by atoms with Crippen LogP contribution in [0.4, 0.5) is 0 Å². The largest absolute Gasteiger partial charge is 0.465 e. The number of ketones is 1. The monoisotopic (exact) mass is 338 g/mol. The summed E-state index contributed by atoms with van der Waals surface area (Å²) >= 11 is 0. The van der Waals surface area contributed by atoms with Crippen molar-refractivity contribution in [1.82, 2.24) is 0 Å². The van der Waals surface area contributed by atoms with E-state index in [1.165, 1.54) is 31.7 Å². The standard InChI is InChI=1S/C17H22O5S/c1-22-17(19)13-8-9-14(16(11-13)23(2,20)21)15(18)10-12-6-4-3-5-7-12/h8-9,11-12H,3-7,10H2,1-2H3. The maximum atomic E-state index is 12.6. The summed E-state index contributed by atoms with van der Waals surface area (Å²) in [5.74, 6) is -0.473. The van der Waals surface area contributed by atoms with Gasteiger partial charge in [0, 0.05) is 18.2 Å². The van der Waals surface area contributed by atoms with Crippen molar-refractivity contribution in [2.75, 3.05) is 13.4 Å². The number of carbonyl (C=O) groups is 2. The number of rotatable bonds is 5. The normalized spacial score (nSPS) is 16.1. The molecule has 0 saturated heterocycles. The Labute approximate surface area is 137 Å². The highest BCUT2D eigenvalue weighted by atomic mass is 32.2. The summed E-state index contributed by atoms with van der Waals surface area (Å²) in [6.07, 6.45) is 6.88. The van der Waals surface area contributed by atoms with Gasteiger partial charge in [-0.05, 0) is 24.1 Å². The third kappa shape index (κ3) is 4.41. The number of methoxy groups -OCH3 is 1. The Morgan fingerprint density at radius 3 is 2.39 bits per heavy atom. The van der Waals surface area contributed by atoms with Gasteiger partial charge in [-0.2, -0.15) is 0 Å².